The van der Waals surface area contributed by atoms with Gasteiger partial charge in [-0.25, -0.2) is 0 Å². The summed E-state index contributed by atoms with van der Waals surface area (Å²) in [4.78, 5) is 14.7. The van der Waals surface area contributed by atoms with Crippen LogP contribution in [0.2, 0.25) is 0 Å². The minimum absolute atomic E-state index is 0.0516. The first-order valence-corrected chi connectivity index (χ1v) is 7.30. The van der Waals surface area contributed by atoms with Gasteiger partial charge in [0.15, 0.2) is 0 Å². The molecule has 1 saturated heterocycles. The third-order valence-electron chi connectivity index (χ3n) is 4.02. The number of benzene rings is 1. The molecule has 2 rings (SSSR count). The second-order valence-corrected chi connectivity index (χ2v) is 5.33. The molecule has 0 aliphatic carbocycles. The van der Waals surface area contributed by atoms with Crippen LogP contribution in [0.5, 0.6) is 0 Å². The quantitative estimate of drug-likeness (QED) is 0.882. The van der Waals surface area contributed by atoms with Crippen LogP contribution in [0.15, 0.2) is 24.3 Å². The molecule has 1 N–H and O–H groups in total. The van der Waals surface area contributed by atoms with Gasteiger partial charge < -0.3 is 5.32 Å². The Kier molecular flexibility index (Phi) is 4.97. The van der Waals surface area contributed by atoms with E-state index in [0.29, 0.717) is 6.04 Å². The van der Waals surface area contributed by atoms with Gasteiger partial charge in [-0.05, 0) is 50.9 Å². The van der Waals surface area contributed by atoms with Crippen molar-refractivity contribution in [3.05, 3.63) is 35.4 Å². The van der Waals surface area contributed by atoms with Crippen molar-refractivity contribution in [1.29, 1.82) is 0 Å². The first-order chi connectivity index (χ1) is 9.22. The average Bonchev–Trinajstić information content (AvgIpc) is 2.94. The third kappa shape index (κ3) is 3.57. The maximum Gasteiger partial charge on any atom is 0.251 e. The Hall–Kier alpha value is -1.35. The van der Waals surface area contributed by atoms with Crippen LogP contribution in [0.1, 0.15) is 42.1 Å². The Morgan fingerprint density at radius 2 is 2.00 bits per heavy atom. The first-order valence-electron chi connectivity index (χ1n) is 7.30. The number of hydrogen-bond donors (Lipinski definition) is 1. The zero-order chi connectivity index (χ0) is 13.7. The minimum atomic E-state index is 0.0516. The Morgan fingerprint density at radius 3 is 2.63 bits per heavy atom. The molecule has 1 aliphatic heterocycles. The predicted molar refractivity (Wildman–Crippen MR) is 78.4 cm³/mol. The second-order valence-electron chi connectivity index (χ2n) is 5.33. The van der Waals surface area contributed by atoms with Gasteiger partial charge >= 0.3 is 0 Å². The number of hydrogen-bond acceptors (Lipinski definition) is 2. The normalized spacial score (nSPS) is 17.4. The molecule has 3 heteroatoms. The highest BCUT2D eigenvalue weighted by Crippen LogP contribution is 2.14. The lowest BCUT2D eigenvalue weighted by Gasteiger charge is -2.26. The molecule has 0 spiro atoms. The van der Waals surface area contributed by atoms with E-state index in [-0.39, 0.29) is 5.91 Å². The van der Waals surface area contributed by atoms with Gasteiger partial charge in [0.25, 0.3) is 5.91 Å². The van der Waals surface area contributed by atoms with E-state index in [0.717, 1.165) is 24.1 Å². The SMILES string of the molecule is CC[C@H](CNC(=O)c1ccccc1C)N1CCCC1. The molecule has 1 aliphatic rings. The second kappa shape index (κ2) is 6.71. The monoisotopic (exact) mass is 260 g/mol. The number of likely N-dealkylation sites (tertiary alicyclic amines) is 1. The first kappa shape index (κ1) is 14.1. The van der Waals surface area contributed by atoms with Crippen LogP contribution >= 0.6 is 0 Å². The number of amides is 1. The Balaban J connectivity index is 1.90. The summed E-state index contributed by atoms with van der Waals surface area (Å²) < 4.78 is 0. The molecule has 0 aromatic heterocycles. The molecular weight excluding hydrogens is 236 g/mol. The summed E-state index contributed by atoms with van der Waals surface area (Å²) in [5.74, 6) is 0.0516. The number of nitrogens with zero attached hydrogens (tertiary/aromatic N) is 1. The lowest BCUT2D eigenvalue weighted by atomic mass is 10.1. The number of rotatable bonds is 5. The fourth-order valence-electron chi connectivity index (χ4n) is 2.77. The molecule has 0 radical (unpaired) electrons. The van der Waals surface area contributed by atoms with Gasteiger partial charge in [0.05, 0.1) is 0 Å². The van der Waals surface area contributed by atoms with Gasteiger partial charge in [0.2, 0.25) is 0 Å². The van der Waals surface area contributed by atoms with Crippen LogP contribution in [0.3, 0.4) is 0 Å². The average molecular weight is 260 g/mol. The van der Waals surface area contributed by atoms with Crippen LogP contribution in [0.25, 0.3) is 0 Å². The van der Waals surface area contributed by atoms with Crippen LogP contribution in [0, 0.1) is 6.92 Å². The molecule has 0 saturated carbocycles. The maximum atomic E-state index is 12.2. The predicted octanol–water partition coefficient (Wildman–Crippen LogP) is 2.60. The summed E-state index contributed by atoms with van der Waals surface area (Å²) in [5, 5.41) is 3.09. The molecule has 3 nitrogen and oxygen atoms in total. The van der Waals surface area contributed by atoms with E-state index < -0.39 is 0 Å². The van der Waals surface area contributed by atoms with Crippen LogP contribution in [-0.4, -0.2) is 36.5 Å². The van der Waals surface area contributed by atoms with E-state index in [1.165, 1.54) is 25.9 Å². The zero-order valence-electron chi connectivity index (χ0n) is 12.0. The number of nitrogens with one attached hydrogen (secondary N) is 1. The van der Waals surface area contributed by atoms with Crippen molar-refractivity contribution in [1.82, 2.24) is 10.2 Å². The summed E-state index contributed by atoms with van der Waals surface area (Å²) in [5.41, 5.74) is 1.83. The van der Waals surface area contributed by atoms with E-state index >= 15 is 0 Å². The summed E-state index contributed by atoms with van der Waals surface area (Å²) in [6.07, 6.45) is 3.68. The Labute approximate surface area is 116 Å². The van der Waals surface area contributed by atoms with Gasteiger partial charge in [0, 0.05) is 18.2 Å². The molecule has 1 aromatic carbocycles. The minimum Gasteiger partial charge on any atom is -0.350 e. The van der Waals surface area contributed by atoms with E-state index in [4.69, 9.17) is 0 Å². The Morgan fingerprint density at radius 1 is 1.32 bits per heavy atom. The third-order valence-corrected chi connectivity index (χ3v) is 4.02. The number of aryl methyl sites for hydroxylation is 1. The highest BCUT2D eigenvalue weighted by molar-refractivity contribution is 5.95. The van der Waals surface area contributed by atoms with Crippen molar-refractivity contribution in [3.63, 3.8) is 0 Å². The lowest BCUT2D eigenvalue weighted by Crippen LogP contribution is -2.42. The highest BCUT2D eigenvalue weighted by Gasteiger charge is 2.21. The molecule has 1 heterocycles. The molecule has 104 valence electrons. The van der Waals surface area contributed by atoms with Crippen molar-refractivity contribution in [2.45, 2.75) is 39.2 Å². The van der Waals surface area contributed by atoms with Crippen molar-refractivity contribution >= 4 is 5.91 Å². The van der Waals surface area contributed by atoms with Gasteiger partial charge in [-0.15, -0.1) is 0 Å². The van der Waals surface area contributed by atoms with Crippen molar-refractivity contribution in [3.8, 4) is 0 Å². The summed E-state index contributed by atoms with van der Waals surface area (Å²) in [7, 11) is 0. The van der Waals surface area contributed by atoms with Crippen LogP contribution in [-0.2, 0) is 0 Å². The largest absolute Gasteiger partial charge is 0.350 e. The number of carbonyl (C=O) groups is 1. The molecule has 1 atom stereocenters. The van der Waals surface area contributed by atoms with Crippen LogP contribution in [0.4, 0.5) is 0 Å². The van der Waals surface area contributed by atoms with E-state index in [2.05, 4.69) is 17.1 Å². The van der Waals surface area contributed by atoms with Crippen LogP contribution < -0.4 is 5.32 Å². The van der Waals surface area contributed by atoms with Gasteiger partial charge in [-0.3, -0.25) is 9.69 Å². The molecule has 19 heavy (non-hydrogen) atoms. The van der Waals surface area contributed by atoms with E-state index in [9.17, 15) is 4.79 Å². The summed E-state index contributed by atoms with van der Waals surface area (Å²) in [6.45, 7) is 7.29. The smallest absolute Gasteiger partial charge is 0.251 e. The van der Waals surface area contributed by atoms with Gasteiger partial charge in [-0.1, -0.05) is 25.1 Å². The van der Waals surface area contributed by atoms with E-state index in [1.807, 2.05) is 31.2 Å². The van der Waals surface area contributed by atoms with Gasteiger partial charge in [-0.2, -0.15) is 0 Å². The lowest BCUT2D eigenvalue weighted by molar-refractivity contribution is 0.0936. The molecule has 1 amide bonds. The van der Waals surface area contributed by atoms with Crippen molar-refractivity contribution in [2.24, 2.45) is 0 Å². The summed E-state index contributed by atoms with van der Waals surface area (Å²) >= 11 is 0. The zero-order valence-corrected chi connectivity index (χ0v) is 12.0. The fourth-order valence-corrected chi connectivity index (χ4v) is 2.77. The topological polar surface area (TPSA) is 32.3 Å². The maximum absolute atomic E-state index is 12.2. The Bertz CT molecular complexity index is 425. The molecule has 1 fully saturated rings. The molecular formula is C16H24N2O. The van der Waals surface area contributed by atoms with E-state index in [1.54, 1.807) is 0 Å². The van der Waals surface area contributed by atoms with Crippen molar-refractivity contribution < 1.29 is 4.79 Å². The summed E-state index contributed by atoms with van der Waals surface area (Å²) in [6, 6.07) is 8.23. The standard InChI is InChI=1S/C16H24N2O/c1-3-14(18-10-6-7-11-18)12-17-16(19)15-9-5-4-8-13(15)2/h4-5,8-9,14H,3,6-7,10-12H2,1-2H3,(H,17,19)/t14-/m1/s1. The molecule has 0 bridgehead atoms. The van der Waals surface area contributed by atoms with Crippen molar-refractivity contribution in [2.75, 3.05) is 19.6 Å². The highest BCUT2D eigenvalue weighted by atomic mass is 16.1. The fraction of sp³-hybridized carbons (Fsp3) is 0.562. The molecule has 1 aromatic rings. The molecule has 0 unspecified atom stereocenters. The number of carbonyl (C=O) groups excluding carboxylic acids is 1. The van der Waals surface area contributed by atoms with Gasteiger partial charge in [0.1, 0.15) is 0 Å².